The van der Waals surface area contributed by atoms with Crippen LogP contribution in [-0.4, -0.2) is 275 Å². The summed E-state index contributed by atoms with van der Waals surface area (Å²) in [5, 5.41) is 64.8. The molecule has 1 heterocycles. The lowest BCUT2D eigenvalue weighted by atomic mass is 9.96. The van der Waals surface area contributed by atoms with E-state index in [1.807, 2.05) is 0 Å². The van der Waals surface area contributed by atoms with Crippen LogP contribution in [0.1, 0.15) is 256 Å². The largest absolute Gasteiger partial charge is 0.481 e. The Morgan fingerprint density at radius 2 is 0.625 bits per heavy atom. The first-order valence-electron chi connectivity index (χ1n) is 47.5. The van der Waals surface area contributed by atoms with Gasteiger partial charge in [-0.1, -0.05) is 164 Å². The van der Waals surface area contributed by atoms with Gasteiger partial charge in [-0.25, -0.2) is 4.79 Å². The lowest BCUT2D eigenvalue weighted by Gasteiger charge is -2.33. The third kappa shape index (κ3) is 44.9. The van der Waals surface area contributed by atoms with Crippen LogP contribution in [0.15, 0.2) is 0 Å². The topological polar surface area (TPSA) is 688 Å². The molecule has 0 aromatic heterocycles. The van der Waals surface area contributed by atoms with Crippen molar-refractivity contribution in [1.82, 2.24) is 101 Å². The molecule has 1 rings (SSSR count). The van der Waals surface area contributed by atoms with Crippen LogP contribution in [-0.2, 0) is 105 Å². The van der Waals surface area contributed by atoms with Crippen LogP contribution >= 0.6 is 0 Å². The van der Waals surface area contributed by atoms with Crippen LogP contribution < -0.4 is 107 Å². The number of likely N-dealkylation sites (tertiary alicyclic amines) is 1. The summed E-state index contributed by atoms with van der Waals surface area (Å²) in [6, 6.07) is -20.5. The molecule has 0 radical (unpaired) electrons. The SMILES string of the molecule is CC[C@H](C)[C@H](NC(=O)CNC(=O)[C@H](CC(C)C)NC(=O)[C@@H](NC(=O)[C@H](C)NC(=O)[C@@H]1CCCN1C(=O)[C@@H](NC(=O)[C@H](CCC(N)=O)NC(=O)[C@H](CC(C)C)NC(=O)CNC(=O)[C@H](C)NC(=O)[C@H](CCC(=O)O)NC(=O)[C@@H](N)C(C)C)[C@@H](C)CC)[C@@H](C)CC)C(=O)N[C@@H](CC(C)C)C(=O)NCC(=O)NCC(=O)N[C@H](C(=O)N[C@@H](CC(C)C)C(=O)N[C@@H](C)C(=O)N[C@@H](CC(C)C)C(=O)O)[C@@H](C)CC. The number of nitrogens with one attached hydrogen (secondary N) is 18. The van der Waals surface area contributed by atoms with Crippen molar-refractivity contribution >= 4 is 130 Å². The van der Waals surface area contributed by atoms with E-state index < -0.39 is 289 Å². The molecule has 45 heteroatoms. The first kappa shape index (κ1) is 122. The van der Waals surface area contributed by atoms with Crippen LogP contribution in [0.25, 0.3) is 0 Å². The predicted octanol–water partition coefficient (Wildman–Crippen LogP) is -2.10. The van der Waals surface area contributed by atoms with Crippen LogP contribution in [0.2, 0.25) is 0 Å². The Morgan fingerprint density at radius 1 is 0.316 bits per heavy atom. The second-order valence-corrected chi connectivity index (χ2v) is 38.1. The van der Waals surface area contributed by atoms with Crippen molar-refractivity contribution < 1.29 is 116 Å². The molecule has 0 aromatic rings. The maximum atomic E-state index is 14.8. The molecule has 45 nitrogen and oxygen atoms in total. The van der Waals surface area contributed by atoms with E-state index in [2.05, 4.69) is 95.7 Å². The molecular formula is C91H159N21O24. The summed E-state index contributed by atoms with van der Waals surface area (Å²) in [7, 11) is 0. The summed E-state index contributed by atoms with van der Waals surface area (Å²) in [6.45, 7) is 36.0. The highest BCUT2D eigenvalue weighted by Gasteiger charge is 2.43. The summed E-state index contributed by atoms with van der Waals surface area (Å²) in [5.74, 6) is -22.4. The molecule has 20 atom stereocenters. The van der Waals surface area contributed by atoms with Gasteiger partial charge < -0.3 is 122 Å². The zero-order valence-electron chi connectivity index (χ0n) is 83.6. The Balaban J connectivity index is 3.27. The molecule has 1 saturated heterocycles. The van der Waals surface area contributed by atoms with Crippen LogP contribution in [0, 0.1) is 59.2 Å². The van der Waals surface area contributed by atoms with Gasteiger partial charge in [0.2, 0.25) is 118 Å². The van der Waals surface area contributed by atoms with E-state index in [4.69, 9.17) is 11.5 Å². The second-order valence-electron chi connectivity index (χ2n) is 38.1. The Hall–Kier alpha value is -11.7. The maximum Gasteiger partial charge on any atom is 0.326 e. The number of nitrogens with two attached hydrogens (primary N) is 2. The molecule has 0 aliphatic carbocycles. The number of primary amides is 1. The highest BCUT2D eigenvalue weighted by atomic mass is 16.4. The van der Waals surface area contributed by atoms with Crippen molar-refractivity contribution in [2.24, 2.45) is 70.6 Å². The Kier molecular flexibility index (Phi) is 55.2. The van der Waals surface area contributed by atoms with Crippen LogP contribution in [0.4, 0.5) is 0 Å². The molecule has 1 aliphatic heterocycles. The Morgan fingerprint density at radius 3 is 1.04 bits per heavy atom. The van der Waals surface area contributed by atoms with Gasteiger partial charge >= 0.3 is 11.9 Å². The lowest BCUT2D eigenvalue weighted by Crippen LogP contribution is -2.61. The van der Waals surface area contributed by atoms with E-state index in [-0.39, 0.29) is 93.4 Å². The maximum absolute atomic E-state index is 14.8. The summed E-state index contributed by atoms with van der Waals surface area (Å²) >= 11 is 0. The highest BCUT2D eigenvalue weighted by molar-refractivity contribution is 6.02. The lowest BCUT2D eigenvalue weighted by molar-refractivity contribution is -0.143. The number of aliphatic carboxylic acids is 2. The summed E-state index contributed by atoms with van der Waals surface area (Å²) in [5.41, 5.74) is 11.4. The molecule has 24 N–H and O–H groups in total. The first-order valence-corrected chi connectivity index (χ1v) is 47.5. The molecule has 0 saturated carbocycles. The van der Waals surface area contributed by atoms with E-state index in [9.17, 15) is 116 Å². The first-order chi connectivity index (χ1) is 63.3. The van der Waals surface area contributed by atoms with E-state index in [0.717, 1.165) is 0 Å². The minimum absolute atomic E-state index is 0.0213. The van der Waals surface area contributed by atoms with Gasteiger partial charge in [-0.15, -0.1) is 0 Å². The van der Waals surface area contributed by atoms with E-state index in [1.165, 1.54) is 25.7 Å². The quantitative estimate of drug-likeness (QED) is 0.0310. The van der Waals surface area contributed by atoms with Crippen molar-refractivity contribution in [3.8, 4) is 0 Å². The summed E-state index contributed by atoms with van der Waals surface area (Å²) in [6.07, 6.45) is 0.382. The number of hydrogen-bond acceptors (Lipinski definition) is 23. The van der Waals surface area contributed by atoms with Crippen molar-refractivity contribution in [2.75, 3.05) is 32.7 Å². The zero-order valence-corrected chi connectivity index (χ0v) is 83.6. The molecule has 20 amide bonds. The minimum Gasteiger partial charge on any atom is -0.481 e. The number of rotatable bonds is 63. The van der Waals surface area contributed by atoms with Crippen LogP contribution in [0.3, 0.4) is 0 Å². The number of hydrogen-bond donors (Lipinski definition) is 22. The number of carbonyl (C=O) groups excluding carboxylic acids is 20. The number of amides is 20. The molecule has 1 aliphatic rings. The highest BCUT2D eigenvalue weighted by Crippen LogP contribution is 2.24. The molecule has 0 spiro atoms. The number of carbonyl (C=O) groups is 22. The fourth-order valence-electron chi connectivity index (χ4n) is 14.3. The van der Waals surface area contributed by atoms with Crippen molar-refractivity contribution in [2.45, 2.75) is 352 Å². The van der Waals surface area contributed by atoms with Gasteiger partial charge in [0.15, 0.2) is 0 Å². The second kappa shape index (κ2) is 61.4. The fraction of sp³-hybridized carbons (Fsp3) is 0.758. The average molecular weight is 1930 g/mol. The van der Waals surface area contributed by atoms with Gasteiger partial charge in [0.1, 0.15) is 90.6 Å². The Bertz CT molecular complexity index is 4070. The average Bonchev–Trinajstić information content (AvgIpc) is 1.67. The van der Waals surface area contributed by atoms with Crippen molar-refractivity contribution in [1.29, 1.82) is 0 Å². The van der Waals surface area contributed by atoms with Crippen molar-refractivity contribution in [3.63, 3.8) is 0 Å². The molecule has 772 valence electrons. The normalized spacial score (nSPS) is 16.7. The third-order valence-electron chi connectivity index (χ3n) is 23.3. The number of carboxylic acids is 2. The summed E-state index contributed by atoms with van der Waals surface area (Å²) < 4.78 is 0. The fourth-order valence-corrected chi connectivity index (χ4v) is 14.3. The molecule has 0 bridgehead atoms. The number of nitrogens with zero attached hydrogens (tertiary/aromatic N) is 1. The molecule has 0 aromatic carbocycles. The third-order valence-corrected chi connectivity index (χ3v) is 23.3. The van der Waals surface area contributed by atoms with Gasteiger partial charge in [0, 0.05) is 19.4 Å². The molecule has 0 unspecified atom stereocenters. The smallest absolute Gasteiger partial charge is 0.326 e. The number of carboxylic acid groups (broad SMARTS) is 2. The standard InChI is InChI=1S/C91H159N21O24/c1-24-50(17)72(87(131)104-59(35-44(5)6)79(123)96-40-66(114)94-41-68(116)108-73(51(18)25-2)88(132)106-62(38-47(11)12)83(127)99-55(22)77(121)107-63(91(135)136)39-48(13)14)109-69(117)43-97-80(124)60(36-45(7)8)105-89(133)74(52(19)26-3)110-78(122)56(23)100-85(129)64-29-28-34-112(64)90(134)75(53(20)27-4)111-82(126)57(30-32-65(92)113)102-84(128)61(37-46(9)10)101-67(115)42-95-76(120)54(21)98-81(125)58(31-33-70(118)119)103-86(130)71(93)49(15)16/h44-64,71-75H,24-43,93H2,1-23H3,(H2,92,113)(H,94,114)(H,95,120)(H,96,123)(H,97,124)(H,98,125)(H,99,127)(H,100,129)(H,101,115)(H,102,128)(H,103,130)(H,104,131)(H,105,133)(H,106,132)(H,107,121)(H,108,116)(H,109,117)(H,110,122)(H,111,126)(H,118,119)(H,135,136)/t50-,51-,52-,53-,54-,55-,56-,57-,58-,59-,60-,61-,62-,63-,64-,71-,72-,73-,74-,75-/m0/s1. The monoisotopic (exact) mass is 1930 g/mol. The van der Waals surface area contributed by atoms with Gasteiger partial charge in [-0.2, -0.15) is 0 Å². The van der Waals surface area contributed by atoms with Gasteiger partial charge in [-0.3, -0.25) is 101 Å². The van der Waals surface area contributed by atoms with Crippen LogP contribution in [0.5, 0.6) is 0 Å². The zero-order chi connectivity index (χ0) is 104. The predicted molar refractivity (Wildman–Crippen MR) is 502 cm³/mol. The Labute approximate surface area is 798 Å². The molecular weight excluding hydrogens is 1770 g/mol. The minimum atomic E-state index is -1.55. The summed E-state index contributed by atoms with van der Waals surface area (Å²) in [4.78, 5) is 299. The van der Waals surface area contributed by atoms with E-state index in [0.29, 0.717) is 32.1 Å². The van der Waals surface area contributed by atoms with E-state index in [1.54, 1.807) is 138 Å². The van der Waals surface area contributed by atoms with Gasteiger partial charge in [0.05, 0.1) is 32.2 Å². The van der Waals surface area contributed by atoms with Crippen molar-refractivity contribution in [3.05, 3.63) is 0 Å². The molecule has 136 heavy (non-hydrogen) atoms. The van der Waals surface area contributed by atoms with E-state index >= 15 is 0 Å². The molecule has 1 fully saturated rings. The van der Waals surface area contributed by atoms with Gasteiger partial charge in [-0.05, 0) is 138 Å². The van der Waals surface area contributed by atoms with Gasteiger partial charge in [0.25, 0.3) is 0 Å².